The third-order valence-corrected chi connectivity index (χ3v) is 3.91. The van der Waals surface area contributed by atoms with Crippen LogP contribution in [0, 0.1) is 3.57 Å². The van der Waals surface area contributed by atoms with E-state index >= 15 is 0 Å². The number of para-hydroxylation sites is 1. The maximum Gasteiger partial charge on any atom is 0.254 e. The summed E-state index contributed by atoms with van der Waals surface area (Å²) in [4.78, 5) is 13.9. The van der Waals surface area contributed by atoms with Crippen LogP contribution in [0.4, 0.5) is 5.69 Å². The highest BCUT2D eigenvalue weighted by Crippen LogP contribution is 2.22. The number of benzene rings is 2. The van der Waals surface area contributed by atoms with E-state index in [1.54, 1.807) is 24.1 Å². The first-order valence-corrected chi connectivity index (χ1v) is 7.14. The summed E-state index contributed by atoms with van der Waals surface area (Å²) in [6.45, 7) is 0.429. The van der Waals surface area contributed by atoms with Crippen LogP contribution in [-0.2, 0) is 6.54 Å². The molecule has 2 aromatic rings. The summed E-state index contributed by atoms with van der Waals surface area (Å²) in [5, 5.41) is 9.67. The van der Waals surface area contributed by atoms with Gasteiger partial charge in [0.2, 0.25) is 0 Å². The Balaban J connectivity index is 2.16. The Labute approximate surface area is 131 Å². The van der Waals surface area contributed by atoms with Crippen molar-refractivity contribution in [3.05, 3.63) is 57.2 Å². The van der Waals surface area contributed by atoms with Crippen molar-refractivity contribution in [3.8, 4) is 5.75 Å². The standard InChI is InChI=1S/C15H15IN2O2/c1-18(9-11-4-2-3-5-13(11)17)15(20)10-6-7-12(16)14(19)8-10/h2-8,19H,9,17H2,1H3. The van der Waals surface area contributed by atoms with E-state index in [1.165, 1.54) is 6.07 Å². The first kappa shape index (κ1) is 14.6. The van der Waals surface area contributed by atoms with Crippen molar-refractivity contribution in [1.29, 1.82) is 0 Å². The SMILES string of the molecule is CN(Cc1ccccc1N)C(=O)c1ccc(I)c(O)c1. The van der Waals surface area contributed by atoms with Gasteiger partial charge in [-0.3, -0.25) is 4.79 Å². The fraction of sp³-hybridized carbons (Fsp3) is 0.133. The van der Waals surface area contributed by atoms with Crippen molar-refractivity contribution >= 4 is 34.2 Å². The number of amides is 1. The number of aromatic hydroxyl groups is 1. The minimum atomic E-state index is -0.153. The lowest BCUT2D eigenvalue weighted by atomic mass is 10.1. The zero-order valence-electron chi connectivity index (χ0n) is 11.0. The monoisotopic (exact) mass is 382 g/mol. The zero-order valence-corrected chi connectivity index (χ0v) is 13.2. The minimum absolute atomic E-state index is 0.115. The number of phenols is 1. The summed E-state index contributed by atoms with van der Waals surface area (Å²) >= 11 is 2.01. The van der Waals surface area contributed by atoms with E-state index in [-0.39, 0.29) is 11.7 Å². The first-order valence-electron chi connectivity index (χ1n) is 6.06. The number of nitrogens with zero attached hydrogens (tertiary/aromatic N) is 1. The Kier molecular flexibility index (Phi) is 4.49. The van der Waals surface area contributed by atoms with Gasteiger partial charge < -0.3 is 15.7 Å². The van der Waals surface area contributed by atoms with Crippen LogP contribution in [0.5, 0.6) is 5.75 Å². The molecule has 0 aliphatic carbocycles. The second-order valence-electron chi connectivity index (χ2n) is 4.53. The average molecular weight is 382 g/mol. The van der Waals surface area contributed by atoms with E-state index in [2.05, 4.69) is 0 Å². The van der Waals surface area contributed by atoms with E-state index in [0.29, 0.717) is 21.4 Å². The van der Waals surface area contributed by atoms with Gasteiger partial charge in [-0.05, 0) is 52.4 Å². The number of halogens is 1. The molecule has 0 aliphatic rings. The van der Waals surface area contributed by atoms with Crippen molar-refractivity contribution in [2.75, 3.05) is 12.8 Å². The summed E-state index contributed by atoms with van der Waals surface area (Å²) in [6, 6.07) is 12.4. The molecular weight excluding hydrogens is 367 g/mol. The maximum atomic E-state index is 12.3. The van der Waals surface area contributed by atoms with E-state index in [4.69, 9.17) is 5.73 Å². The van der Waals surface area contributed by atoms with Crippen molar-refractivity contribution < 1.29 is 9.90 Å². The predicted octanol–water partition coefficient (Wildman–Crippen LogP) is 2.85. The molecule has 0 spiro atoms. The quantitative estimate of drug-likeness (QED) is 0.634. The molecule has 20 heavy (non-hydrogen) atoms. The largest absolute Gasteiger partial charge is 0.507 e. The number of phenolic OH excluding ortho intramolecular Hbond substituents is 1. The first-order chi connectivity index (χ1) is 9.49. The summed E-state index contributed by atoms with van der Waals surface area (Å²) < 4.78 is 0.717. The molecule has 1 amide bonds. The molecule has 0 saturated heterocycles. The van der Waals surface area contributed by atoms with E-state index in [9.17, 15) is 9.90 Å². The van der Waals surface area contributed by atoms with Crippen LogP contribution >= 0.6 is 22.6 Å². The molecule has 0 fully saturated rings. The van der Waals surface area contributed by atoms with Crippen LogP contribution in [-0.4, -0.2) is 23.0 Å². The van der Waals surface area contributed by atoms with E-state index in [1.807, 2.05) is 46.9 Å². The van der Waals surface area contributed by atoms with Gasteiger partial charge in [-0.15, -0.1) is 0 Å². The van der Waals surface area contributed by atoms with Crippen LogP contribution in [0.25, 0.3) is 0 Å². The molecule has 104 valence electrons. The molecule has 0 aliphatic heterocycles. The highest BCUT2D eigenvalue weighted by atomic mass is 127. The number of carbonyl (C=O) groups excluding carboxylic acids is 1. The lowest BCUT2D eigenvalue weighted by molar-refractivity contribution is 0.0785. The number of hydrogen-bond donors (Lipinski definition) is 2. The molecule has 4 nitrogen and oxygen atoms in total. The van der Waals surface area contributed by atoms with Crippen LogP contribution in [0.15, 0.2) is 42.5 Å². The fourth-order valence-electron chi connectivity index (χ4n) is 1.87. The van der Waals surface area contributed by atoms with Crippen LogP contribution in [0.2, 0.25) is 0 Å². The third-order valence-electron chi connectivity index (χ3n) is 3.00. The normalized spacial score (nSPS) is 10.3. The molecule has 3 N–H and O–H groups in total. The molecule has 0 saturated carbocycles. The van der Waals surface area contributed by atoms with Gasteiger partial charge in [-0.1, -0.05) is 18.2 Å². The van der Waals surface area contributed by atoms with Gasteiger partial charge in [-0.2, -0.15) is 0 Å². The molecule has 0 heterocycles. The Morgan fingerprint density at radius 1 is 1.30 bits per heavy atom. The highest BCUT2D eigenvalue weighted by molar-refractivity contribution is 14.1. The molecule has 0 aromatic heterocycles. The number of rotatable bonds is 3. The third kappa shape index (κ3) is 3.22. The summed E-state index contributed by atoms with van der Waals surface area (Å²) in [6.07, 6.45) is 0. The van der Waals surface area contributed by atoms with Crippen molar-refractivity contribution in [2.24, 2.45) is 0 Å². The fourth-order valence-corrected chi connectivity index (χ4v) is 2.21. The second kappa shape index (κ2) is 6.13. The molecule has 2 aromatic carbocycles. The molecule has 0 unspecified atom stereocenters. The predicted molar refractivity (Wildman–Crippen MR) is 87.5 cm³/mol. The van der Waals surface area contributed by atoms with Crippen molar-refractivity contribution in [3.63, 3.8) is 0 Å². The van der Waals surface area contributed by atoms with E-state index in [0.717, 1.165) is 5.56 Å². The Bertz CT molecular complexity index is 644. The van der Waals surface area contributed by atoms with Gasteiger partial charge in [0.15, 0.2) is 0 Å². The zero-order chi connectivity index (χ0) is 14.7. The molecular formula is C15H15IN2O2. The van der Waals surface area contributed by atoms with Gasteiger partial charge in [0.25, 0.3) is 5.91 Å². The summed E-state index contributed by atoms with van der Waals surface area (Å²) in [5.74, 6) is -0.0379. The van der Waals surface area contributed by atoms with Gasteiger partial charge >= 0.3 is 0 Å². The Morgan fingerprint density at radius 2 is 2.00 bits per heavy atom. The van der Waals surface area contributed by atoms with Gasteiger partial charge in [0, 0.05) is 24.8 Å². The van der Waals surface area contributed by atoms with Gasteiger partial charge in [0.1, 0.15) is 5.75 Å². The average Bonchev–Trinajstić information content (AvgIpc) is 2.43. The molecule has 5 heteroatoms. The molecule has 0 atom stereocenters. The lowest BCUT2D eigenvalue weighted by Crippen LogP contribution is -2.26. The number of carbonyl (C=O) groups is 1. The number of nitrogens with two attached hydrogens (primary N) is 1. The summed E-state index contributed by atoms with van der Waals surface area (Å²) in [5.41, 5.74) is 7.90. The minimum Gasteiger partial charge on any atom is -0.507 e. The topological polar surface area (TPSA) is 66.6 Å². The molecule has 2 rings (SSSR count). The van der Waals surface area contributed by atoms with Crippen LogP contribution in [0.1, 0.15) is 15.9 Å². The number of hydrogen-bond acceptors (Lipinski definition) is 3. The maximum absolute atomic E-state index is 12.3. The van der Waals surface area contributed by atoms with Crippen molar-refractivity contribution in [2.45, 2.75) is 6.54 Å². The number of anilines is 1. The highest BCUT2D eigenvalue weighted by Gasteiger charge is 2.14. The Hall–Kier alpha value is -1.76. The van der Waals surface area contributed by atoms with Gasteiger partial charge in [-0.25, -0.2) is 0 Å². The summed E-state index contributed by atoms with van der Waals surface area (Å²) in [7, 11) is 1.71. The second-order valence-corrected chi connectivity index (χ2v) is 5.69. The van der Waals surface area contributed by atoms with E-state index < -0.39 is 0 Å². The van der Waals surface area contributed by atoms with Crippen molar-refractivity contribution in [1.82, 2.24) is 4.90 Å². The molecule has 0 bridgehead atoms. The van der Waals surface area contributed by atoms with Crippen LogP contribution in [0.3, 0.4) is 0 Å². The van der Waals surface area contributed by atoms with Crippen LogP contribution < -0.4 is 5.73 Å². The Morgan fingerprint density at radius 3 is 2.65 bits per heavy atom. The smallest absolute Gasteiger partial charge is 0.254 e. The van der Waals surface area contributed by atoms with Gasteiger partial charge in [0.05, 0.1) is 3.57 Å². The lowest BCUT2D eigenvalue weighted by Gasteiger charge is -2.18. The molecule has 0 radical (unpaired) electrons. The number of nitrogen functional groups attached to an aromatic ring is 1.